The zero-order valence-electron chi connectivity index (χ0n) is 17.3. The third kappa shape index (κ3) is 3.47. The van der Waals surface area contributed by atoms with Gasteiger partial charge in [-0.3, -0.25) is 9.59 Å². The van der Waals surface area contributed by atoms with Crippen molar-refractivity contribution < 1.29 is 4.79 Å². The molecule has 0 saturated carbocycles. The van der Waals surface area contributed by atoms with E-state index in [0.717, 1.165) is 48.6 Å². The predicted molar refractivity (Wildman–Crippen MR) is 120 cm³/mol. The molecule has 0 unspecified atom stereocenters. The summed E-state index contributed by atoms with van der Waals surface area (Å²) in [6.45, 7) is 3.65. The molecule has 2 aliphatic rings. The Morgan fingerprint density at radius 1 is 1.17 bits per heavy atom. The van der Waals surface area contributed by atoms with Gasteiger partial charge in [-0.2, -0.15) is 0 Å². The Labute approximate surface area is 180 Å². The van der Waals surface area contributed by atoms with Crippen molar-refractivity contribution in [3.8, 4) is 0 Å². The van der Waals surface area contributed by atoms with Crippen LogP contribution in [0.3, 0.4) is 0 Å². The molecule has 1 aromatic carbocycles. The molecule has 3 aromatic rings. The lowest BCUT2D eigenvalue weighted by molar-refractivity contribution is -0.134. The molecule has 30 heavy (non-hydrogen) atoms. The fourth-order valence-electron chi connectivity index (χ4n) is 5.31. The van der Waals surface area contributed by atoms with Gasteiger partial charge < -0.3 is 9.47 Å². The maximum atomic E-state index is 13.1. The molecule has 1 fully saturated rings. The molecule has 1 amide bonds. The van der Waals surface area contributed by atoms with Crippen LogP contribution in [0.25, 0.3) is 10.2 Å². The number of carbonyl (C=O) groups excluding carboxylic acids is 1. The zero-order chi connectivity index (χ0) is 20.7. The largest absolute Gasteiger partial charge is 0.342 e. The van der Waals surface area contributed by atoms with E-state index in [1.807, 2.05) is 28.8 Å². The lowest BCUT2D eigenvalue weighted by Gasteiger charge is -2.47. The molecule has 156 valence electrons. The van der Waals surface area contributed by atoms with Crippen molar-refractivity contribution >= 4 is 27.5 Å². The number of hydrogen-bond acceptors (Lipinski definition) is 4. The summed E-state index contributed by atoms with van der Waals surface area (Å²) in [6, 6.07) is 14.0. The standard InChI is InChI=1S/C24H27N3O2S/c1-2-6-19-16-13-17(20-8-5-10-24(29)27(19)20)15-26(14-16)23(28)12-11-22-25-18-7-3-4-9-21(18)30-22/h3-5,7-10,16-17,19H,2,6,11-15H2,1H3/t16-,17+,19-/m0/s1. The van der Waals surface area contributed by atoms with Crippen LogP contribution < -0.4 is 5.56 Å². The van der Waals surface area contributed by atoms with E-state index in [1.165, 1.54) is 4.70 Å². The Morgan fingerprint density at radius 3 is 2.87 bits per heavy atom. The van der Waals surface area contributed by atoms with Crippen LogP contribution in [-0.4, -0.2) is 33.4 Å². The molecule has 5 nitrogen and oxygen atoms in total. The SMILES string of the molecule is CCC[C@H]1[C@H]2C[C@H](CN(C(=O)CCc3nc4ccccc4s3)C2)c2cccc(=O)n21. The van der Waals surface area contributed by atoms with Crippen LogP contribution in [0.2, 0.25) is 0 Å². The summed E-state index contributed by atoms with van der Waals surface area (Å²) in [5.74, 6) is 0.839. The smallest absolute Gasteiger partial charge is 0.250 e. The van der Waals surface area contributed by atoms with Crippen molar-refractivity contribution in [3.63, 3.8) is 0 Å². The molecular weight excluding hydrogens is 394 g/mol. The molecule has 5 rings (SSSR count). The second kappa shape index (κ2) is 7.99. The number of para-hydroxylation sites is 1. The predicted octanol–water partition coefficient (Wildman–Crippen LogP) is 4.38. The van der Waals surface area contributed by atoms with Crippen molar-refractivity contribution in [1.29, 1.82) is 0 Å². The number of likely N-dealkylation sites (tertiary alicyclic amines) is 1. The van der Waals surface area contributed by atoms with Crippen LogP contribution in [-0.2, 0) is 11.2 Å². The lowest BCUT2D eigenvalue weighted by atomic mass is 9.77. The Balaban J connectivity index is 1.33. The van der Waals surface area contributed by atoms with Crippen LogP contribution in [0.1, 0.15) is 55.3 Å². The minimum atomic E-state index is 0.108. The molecule has 0 radical (unpaired) electrons. The topological polar surface area (TPSA) is 55.2 Å². The Hall–Kier alpha value is -2.47. The second-order valence-electron chi connectivity index (χ2n) is 8.58. The summed E-state index contributed by atoms with van der Waals surface area (Å²) in [7, 11) is 0. The third-order valence-corrected chi connectivity index (χ3v) is 7.72. The molecule has 0 spiro atoms. The highest BCUT2D eigenvalue weighted by molar-refractivity contribution is 7.18. The molecular formula is C24H27N3O2S. The number of benzene rings is 1. The molecule has 0 N–H and O–H groups in total. The van der Waals surface area contributed by atoms with Gasteiger partial charge in [0.05, 0.1) is 15.2 Å². The minimum absolute atomic E-state index is 0.108. The monoisotopic (exact) mass is 421 g/mol. The number of hydrogen-bond donors (Lipinski definition) is 0. The first kappa shape index (κ1) is 19.5. The molecule has 0 aliphatic carbocycles. The summed E-state index contributed by atoms with van der Waals surface area (Å²) >= 11 is 1.68. The van der Waals surface area contributed by atoms with Gasteiger partial charge in [-0.25, -0.2) is 4.98 Å². The molecule has 3 atom stereocenters. The van der Waals surface area contributed by atoms with Gasteiger partial charge in [0, 0.05) is 49.7 Å². The number of amides is 1. The number of nitrogens with zero attached hydrogens (tertiary/aromatic N) is 3. The van der Waals surface area contributed by atoms with E-state index in [4.69, 9.17) is 0 Å². The average Bonchev–Trinajstić information content (AvgIpc) is 3.18. The normalized spacial score (nSPS) is 22.8. The van der Waals surface area contributed by atoms with E-state index in [9.17, 15) is 9.59 Å². The number of piperidine rings is 1. The van der Waals surface area contributed by atoms with Crippen LogP contribution in [0.4, 0.5) is 0 Å². The summed E-state index contributed by atoms with van der Waals surface area (Å²) < 4.78 is 3.21. The van der Waals surface area contributed by atoms with E-state index in [1.54, 1.807) is 17.4 Å². The van der Waals surface area contributed by atoms with Crippen LogP contribution in [0.5, 0.6) is 0 Å². The van der Waals surface area contributed by atoms with Crippen molar-refractivity contribution in [2.45, 2.75) is 51.0 Å². The van der Waals surface area contributed by atoms with Gasteiger partial charge in [0.1, 0.15) is 0 Å². The molecule has 2 bridgehead atoms. The van der Waals surface area contributed by atoms with Crippen molar-refractivity contribution in [1.82, 2.24) is 14.5 Å². The summed E-state index contributed by atoms with van der Waals surface area (Å²) in [5, 5.41) is 1.03. The summed E-state index contributed by atoms with van der Waals surface area (Å²) in [6.07, 6.45) is 4.30. The van der Waals surface area contributed by atoms with Crippen molar-refractivity contribution in [3.05, 3.63) is 63.5 Å². The van der Waals surface area contributed by atoms with Gasteiger partial charge in [-0.1, -0.05) is 31.5 Å². The lowest BCUT2D eigenvalue weighted by Crippen LogP contribution is -2.51. The van der Waals surface area contributed by atoms with E-state index in [2.05, 4.69) is 28.9 Å². The van der Waals surface area contributed by atoms with Gasteiger partial charge in [-0.05, 0) is 37.0 Å². The number of fused-ring (bicyclic) bond motifs is 5. The van der Waals surface area contributed by atoms with E-state index in [0.29, 0.717) is 18.8 Å². The minimum Gasteiger partial charge on any atom is -0.342 e. The fourth-order valence-corrected chi connectivity index (χ4v) is 6.28. The van der Waals surface area contributed by atoms with Gasteiger partial charge >= 0.3 is 0 Å². The highest BCUT2D eigenvalue weighted by Gasteiger charge is 2.41. The molecule has 4 heterocycles. The summed E-state index contributed by atoms with van der Waals surface area (Å²) in [4.78, 5) is 32.4. The quantitative estimate of drug-likeness (QED) is 0.614. The van der Waals surface area contributed by atoms with E-state index < -0.39 is 0 Å². The van der Waals surface area contributed by atoms with E-state index in [-0.39, 0.29) is 23.4 Å². The van der Waals surface area contributed by atoms with Gasteiger partial charge in [0.15, 0.2) is 0 Å². The maximum Gasteiger partial charge on any atom is 0.250 e. The van der Waals surface area contributed by atoms with Crippen molar-refractivity contribution in [2.24, 2.45) is 5.92 Å². The number of thiazole rings is 1. The van der Waals surface area contributed by atoms with Gasteiger partial charge in [0.25, 0.3) is 5.56 Å². The first-order valence-corrected chi connectivity index (χ1v) is 11.8. The second-order valence-corrected chi connectivity index (χ2v) is 9.70. The number of aryl methyl sites for hydroxylation is 1. The highest BCUT2D eigenvalue weighted by atomic mass is 32.1. The average molecular weight is 422 g/mol. The van der Waals surface area contributed by atoms with Crippen LogP contribution in [0.15, 0.2) is 47.3 Å². The van der Waals surface area contributed by atoms with Crippen LogP contribution >= 0.6 is 11.3 Å². The molecule has 2 aliphatic heterocycles. The number of rotatable bonds is 5. The van der Waals surface area contributed by atoms with E-state index >= 15 is 0 Å². The zero-order valence-corrected chi connectivity index (χ0v) is 18.1. The molecule has 6 heteroatoms. The number of pyridine rings is 1. The Bertz CT molecular complexity index is 1100. The first-order valence-electron chi connectivity index (χ1n) is 11.0. The molecule has 1 saturated heterocycles. The number of aromatic nitrogens is 2. The summed E-state index contributed by atoms with van der Waals surface area (Å²) in [5.41, 5.74) is 2.24. The molecule has 2 aromatic heterocycles. The Morgan fingerprint density at radius 2 is 2.03 bits per heavy atom. The fraction of sp³-hybridized carbons (Fsp3) is 0.458. The van der Waals surface area contributed by atoms with Crippen LogP contribution in [0, 0.1) is 5.92 Å². The third-order valence-electron chi connectivity index (χ3n) is 6.63. The maximum absolute atomic E-state index is 13.1. The highest BCUT2D eigenvalue weighted by Crippen LogP contribution is 2.42. The first-order chi connectivity index (χ1) is 14.6. The van der Waals surface area contributed by atoms with Gasteiger partial charge in [-0.15, -0.1) is 11.3 Å². The number of carbonyl (C=O) groups is 1. The van der Waals surface area contributed by atoms with Crippen molar-refractivity contribution in [2.75, 3.05) is 13.1 Å². The van der Waals surface area contributed by atoms with Gasteiger partial charge in [0.2, 0.25) is 5.91 Å². The Kier molecular flexibility index (Phi) is 5.19.